The van der Waals surface area contributed by atoms with E-state index in [1.54, 1.807) is 12.1 Å². The van der Waals surface area contributed by atoms with Gasteiger partial charge in [0, 0.05) is 12.1 Å². The molecule has 0 aliphatic heterocycles. The molecule has 2 amide bonds. The third kappa shape index (κ3) is 4.04. The largest absolute Gasteiger partial charge is 0.481 e. The molecular weight excluding hydrogens is 311 g/mol. The van der Waals surface area contributed by atoms with Crippen molar-refractivity contribution in [1.82, 2.24) is 10.6 Å². The van der Waals surface area contributed by atoms with Crippen LogP contribution in [-0.2, 0) is 4.79 Å². The molecule has 0 atom stereocenters. The van der Waals surface area contributed by atoms with E-state index in [0.717, 1.165) is 18.4 Å². The van der Waals surface area contributed by atoms with E-state index in [2.05, 4.69) is 10.6 Å². The number of hydrogen-bond acceptors (Lipinski definition) is 2. The van der Waals surface area contributed by atoms with Gasteiger partial charge in [0.25, 0.3) is 0 Å². The molecule has 0 saturated heterocycles. The van der Waals surface area contributed by atoms with Crippen molar-refractivity contribution in [2.45, 2.75) is 56.5 Å². The highest BCUT2D eigenvalue weighted by molar-refractivity contribution is 5.75. The Morgan fingerprint density at radius 3 is 2.33 bits per heavy atom. The maximum absolute atomic E-state index is 13.2. The smallest absolute Gasteiger partial charge is 0.315 e. The molecule has 2 saturated carbocycles. The van der Waals surface area contributed by atoms with Crippen LogP contribution in [0.1, 0.15) is 50.0 Å². The zero-order valence-corrected chi connectivity index (χ0v) is 13.5. The number of halogens is 1. The molecule has 0 spiro atoms. The van der Waals surface area contributed by atoms with Crippen LogP contribution in [0.5, 0.6) is 0 Å². The Hall–Kier alpha value is -2.11. The molecule has 5 nitrogen and oxygen atoms in total. The first-order valence-corrected chi connectivity index (χ1v) is 8.56. The monoisotopic (exact) mass is 334 g/mol. The fraction of sp³-hybridized carbons (Fsp3) is 0.556. The van der Waals surface area contributed by atoms with E-state index in [-0.39, 0.29) is 29.8 Å². The van der Waals surface area contributed by atoms with Crippen LogP contribution in [0.4, 0.5) is 9.18 Å². The summed E-state index contributed by atoms with van der Waals surface area (Å²) in [6, 6.07) is 6.62. The van der Waals surface area contributed by atoms with Gasteiger partial charge in [-0.3, -0.25) is 4.79 Å². The molecule has 0 aromatic heterocycles. The summed E-state index contributed by atoms with van der Waals surface area (Å²) in [6.07, 6.45) is 4.30. The lowest BCUT2D eigenvalue weighted by molar-refractivity contribution is -0.142. The topological polar surface area (TPSA) is 78.4 Å². The molecule has 2 fully saturated rings. The lowest BCUT2D eigenvalue weighted by Crippen LogP contribution is -2.50. The summed E-state index contributed by atoms with van der Waals surface area (Å²) in [4.78, 5) is 22.9. The molecular formula is C18H23FN2O3. The average molecular weight is 334 g/mol. The molecule has 2 aliphatic carbocycles. The molecule has 1 aromatic rings. The normalized spacial score (nSPS) is 29.4. The Balaban J connectivity index is 1.37. The first-order valence-electron chi connectivity index (χ1n) is 8.56. The van der Waals surface area contributed by atoms with Gasteiger partial charge in [0.2, 0.25) is 0 Å². The molecule has 130 valence electrons. The van der Waals surface area contributed by atoms with Gasteiger partial charge in [-0.05, 0) is 62.1 Å². The number of nitrogens with one attached hydrogen (secondary N) is 2. The fourth-order valence-corrected chi connectivity index (χ4v) is 3.67. The highest BCUT2D eigenvalue weighted by Gasteiger charge is 2.32. The van der Waals surface area contributed by atoms with Crippen LogP contribution in [0.15, 0.2) is 24.3 Å². The maximum atomic E-state index is 13.2. The SMILES string of the molecule is O=C(NC1CCC(C(=O)O)CC1)NC1CC(c2cccc(F)c2)C1. The zero-order chi connectivity index (χ0) is 17.1. The minimum Gasteiger partial charge on any atom is -0.481 e. The van der Waals surface area contributed by atoms with Gasteiger partial charge in [-0.2, -0.15) is 0 Å². The van der Waals surface area contributed by atoms with Gasteiger partial charge in [-0.15, -0.1) is 0 Å². The minimum atomic E-state index is -0.740. The molecule has 1 aromatic carbocycles. The van der Waals surface area contributed by atoms with Crippen molar-refractivity contribution >= 4 is 12.0 Å². The molecule has 24 heavy (non-hydrogen) atoms. The summed E-state index contributed by atoms with van der Waals surface area (Å²) >= 11 is 0. The van der Waals surface area contributed by atoms with E-state index in [0.29, 0.717) is 31.6 Å². The number of carboxylic acids is 1. The lowest BCUT2D eigenvalue weighted by Gasteiger charge is -2.37. The Kier molecular flexibility index (Phi) is 5.02. The van der Waals surface area contributed by atoms with Crippen LogP contribution >= 0.6 is 0 Å². The van der Waals surface area contributed by atoms with Crippen LogP contribution in [-0.4, -0.2) is 29.2 Å². The van der Waals surface area contributed by atoms with Crippen molar-refractivity contribution < 1.29 is 19.1 Å². The van der Waals surface area contributed by atoms with Crippen molar-refractivity contribution in [1.29, 1.82) is 0 Å². The van der Waals surface area contributed by atoms with Crippen LogP contribution < -0.4 is 10.6 Å². The average Bonchev–Trinajstić information content (AvgIpc) is 2.51. The maximum Gasteiger partial charge on any atom is 0.315 e. The van der Waals surface area contributed by atoms with Crippen LogP contribution in [0.3, 0.4) is 0 Å². The molecule has 0 bridgehead atoms. The Labute approximate surface area is 140 Å². The predicted octanol–water partition coefficient (Wildman–Crippen LogP) is 3.01. The van der Waals surface area contributed by atoms with Gasteiger partial charge in [0.1, 0.15) is 5.82 Å². The van der Waals surface area contributed by atoms with E-state index < -0.39 is 5.97 Å². The number of carbonyl (C=O) groups is 2. The number of carbonyl (C=O) groups excluding carboxylic acids is 1. The van der Waals surface area contributed by atoms with Crippen LogP contribution in [0, 0.1) is 11.7 Å². The third-order valence-corrected chi connectivity index (χ3v) is 5.21. The first-order chi connectivity index (χ1) is 11.5. The molecule has 0 unspecified atom stereocenters. The van der Waals surface area contributed by atoms with Crippen molar-refractivity contribution in [2.24, 2.45) is 5.92 Å². The van der Waals surface area contributed by atoms with Crippen molar-refractivity contribution in [3.63, 3.8) is 0 Å². The Morgan fingerprint density at radius 1 is 1.04 bits per heavy atom. The quantitative estimate of drug-likeness (QED) is 0.792. The van der Waals surface area contributed by atoms with E-state index in [9.17, 15) is 14.0 Å². The van der Waals surface area contributed by atoms with Gasteiger partial charge < -0.3 is 15.7 Å². The molecule has 3 rings (SSSR count). The standard InChI is InChI=1S/C18H23FN2O3/c19-14-3-1-2-12(8-14)13-9-16(10-13)21-18(24)20-15-6-4-11(5-7-15)17(22)23/h1-3,8,11,13,15-16H,4-7,9-10H2,(H,22,23)(H2,20,21,24). The summed E-state index contributed by atoms with van der Waals surface area (Å²) in [7, 11) is 0. The molecule has 2 aliphatic rings. The van der Waals surface area contributed by atoms with Gasteiger partial charge in [-0.25, -0.2) is 9.18 Å². The Morgan fingerprint density at radius 2 is 1.71 bits per heavy atom. The number of amides is 2. The van der Waals surface area contributed by atoms with Gasteiger partial charge in [-0.1, -0.05) is 12.1 Å². The molecule has 3 N–H and O–H groups in total. The fourth-order valence-electron chi connectivity index (χ4n) is 3.67. The summed E-state index contributed by atoms with van der Waals surface area (Å²) in [6.45, 7) is 0. The number of aliphatic carboxylic acids is 1. The van der Waals surface area contributed by atoms with E-state index >= 15 is 0 Å². The van der Waals surface area contributed by atoms with Gasteiger partial charge in [0.15, 0.2) is 0 Å². The van der Waals surface area contributed by atoms with Crippen molar-refractivity contribution in [3.05, 3.63) is 35.6 Å². The number of hydrogen-bond donors (Lipinski definition) is 3. The van der Waals surface area contributed by atoms with E-state index in [1.807, 2.05) is 6.07 Å². The van der Waals surface area contributed by atoms with Crippen molar-refractivity contribution in [2.75, 3.05) is 0 Å². The first kappa shape index (κ1) is 16.7. The Bertz CT molecular complexity index is 608. The highest BCUT2D eigenvalue weighted by atomic mass is 19.1. The highest BCUT2D eigenvalue weighted by Crippen LogP contribution is 2.37. The minimum absolute atomic E-state index is 0.0553. The van der Waals surface area contributed by atoms with Crippen molar-refractivity contribution in [3.8, 4) is 0 Å². The summed E-state index contributed by atoms with van der Waals surface area (Å²) in [5, 5.41) is 14.9. The summed E-state index contributed by atoms with van der Waals surface area (Å²) in [5.41, 5.74) is 0.987. The van der Waals surface area contributed by atoms with Gasteiger partial charge >= 0.3 is 12.0 Å². The van der Waals surface area contributed by atoms with Crippen LogP contribution in [0.2, 0.25) is 0 Å². The number of rotatable bonds is 4. The van der Waals surface area contributed by atoms with Crippen LogP contribution in [0.25, 0.3) is 0 Å². The molecule has 0 heterocycles. The number of carboxylic acid groups (broad SMARTS) is 1. The van der Waals surface area contributed by atoms with Gasteiger partial charge in [0.05, 0.1) is 5.92 Å². The zero-order valence-electron chi connectivity index (χ0n) is 13.5. The lowest BCUT2D eigenvalue weighted by atomic mass is 9.76. The van der Waals surface area contributed by atoms with E-state index in [4.69, 9.17) is 5.11 Å². The summed E-state index contributed by atoms with van der Waals surface area (Å²) < 4.78 is 13.2. The second-order valence-corrected chi connectivity index (χ2v) is 6.92. The van der Waals surface area contributed by atoms with E-state index in [1.165, 1.54) is 6.07 Å². The summed E-state index contributed by atoms with van der Waals surface area (Å²) in [5.74, 6) is -0.934. The second-order valence-electron chi connectivity index (χ2n) is 6.92. The third-order valence-electron chi connectivity index (χ3n) is 5.21. The molecule has 6 heteroatoms. The molecule has 0 radical (unpaired) electrons. The number of benzene rings is 1. The second kappa shape index (κ2) is 7.20. The predicted molar refractivity (Wildman–Crippen MR) is 87.2 cm³/mol. The number of urea groups is 1.